The van der Waals surface area contributed by atoms with Gasteiger partial charge in [0, 0.05) is 36.6 Å². The van der Waals surface area contributed by atoms with Gasteiger partial charge in [0.2, 0.25) is 0 Å². The molecule has 0 saturated heterocycles. The van der Waals surface area contributed by atoms with Gasteiger partial charge >= 0.3 is 155 Å². The van der Waals surface area contributed by atoms with Crippen LogP contribution in [-0.2, 0) is 26.5 Å². The first kappa shape index (κ1) is 41.0. The van der Waals surface area contributed by atoms with Crippen molar-refractivity contribution < 1.29 is 28.6 Å². The molecule has 1 radical (unpaired) electrons. The number of hydrogen-bond acceptors (Lipinski definition) is 3. The number of benzene rings is 5. The van der Waals surface area contributed by atoms with E-state index in [0.29, 0.717) is 23.0 Å². The van der Waals surface area contributed by atoms with E-state index in [0.717, 1.165) is 56.4 Å². The molecular weight excluding hydrogens is 986 g/mol. The molecule has 0 bridgehead atoms. The second kappa shape index (κ2) is 18.7. The van der Waals surface area contributed by atoms with Crippen LogP contribution in [0.3, 0.4) is 0 Å². The Morgan fingerprint density at radius 2 is 1.48 bits per heavy atom. The Morgan fingerprint density at radius 3 is 2.15 bits per heavy atom. The Hall–Kier alpha value is -4.39. The molecule has 0 fully saturated rings. The van der Waals surface area contributed by atoms with Gasteiger partial charge in [-0.25, -0.2) is 0 Å². The zero-order valence-corrected chi connectivity index (χ0v) is 42.1. The normalized spacial score (nSPS) is 12.8. The van der Waals surface area contributed by atoms with E-state index in [9.17, 15) is 0 Å². The van der Waals surface area contributed by atoms with Gasteiger partial charge in [-0.2, -0.15) is 0 Å². The smallest absolute Gasteiger partial charge is 0.305 e. The number of aromatic nitrogens is 2. The van der Waals surface area contributed by atoms with Crippen LogP contribution < -0.4 is 9.58 Å². The summed E-state index contributed by atoms with van der Waals surface area (Å²) >= 11 is -1.81. The zero-order valence-electron chi connectivity index (χ0n) is 39.6. The quantitative estimate of drug-likeness (QED) is 0.107. The van der Waals surface area contributed by atoms with Crippen LogP contribution in [0.4, 0.5) is 0 Å². The zero-order chi connectivity index (χ0) is 44.6. The Labute approximate surface area is 380 Å². The van der Waals surface area contributed by atoms with Crippen molar-refractivity contribution in [3.8, 4) is 44.8 Å². The summed E-state index contributed by atoms with van der Waals surface area (Å²) in [5.74, 6) is 8.28. The Kier molecular flexibility index (Phi) is 12.8. The molecule has 3 aromatic heterocycles. The van der Waals surface area contributed by atoms with Gasteiger partial charge in [-0.15, -0.1) is 29.3 Å². The minimum Gasteiger partial charge on any atom is -0.305 e. The minimum atomic E-state index is -2.20. The van der Waals surface area contributed by atoms with Crippen LogP contribution in [0.2, 0.25) is 36.9 Å². The van der Waals surface area contributed by atoms with Gasteiger partial charge in [-0.3, -0.25) is 0 Å². The predicted octanol–water partition coefficient (Wildman–Crippen LogP) is 14.0. The Balaban J connectivity index is 0.000000207. The van der Waals surface area contributed by atoms with Crippen molar-refractivity contribution in [3.05, 3.63) is 156 Å². The molecular formula is C54H58GeIrN2OSi-2. The van der Waals surface area contributed by atoms with E-state index in [-0.39, 0.29) is 20.1 Å². The van der Waals surface area contributed by atoms with E-state index >= 15 is 0 Å². The van der Waals surface area contributed by atoms with E-state index in [1.54, 1.807) is 6.07 Å². The summed E-state index contributed by atoms with van der Waals surface area (Å²) in [5, 5.41) is 3.62. The van der Waals surface area contributed by atoms with Crippen LogP contribution in [-0.4, -0.2) is 31.3 Å². The summed E-state index contributed by atoms with van der Waals surface area (Å²) in [6.07, 6.45) is 4.92. The number of aryl methyl sites for hydroxylation is 1. The molecule has 309 valence electrons. The fraction of sp³-hybridized carbons (Fsp3) is 0.259. The molecule has 8 rings (SSSR count). The van der Waals surface area contributed by atoms with Crippen molar-refractivity contribution in [2.75, 3.05) is 0 Å². The molecule has 6 heteroatoms. The predicted molar refractivity (Wildman–Crippen MR) is 258 cm³/mol. The summed E-state index contributed by atoms with van der Waals surface area (Å²) in [5.41, 5.74) is 12.2. The third-order valence-electron chi connectivity index (χ3n) is 11.0. The maximum absolute atomic E-state index is 7.95. The average molecular weight is 1050 g/mol. The van der Waals surface area contributed by atoms with Gasteiger partial charge in [0.05, 0.1) is 8.07 Å². The van der Waals surface area contributed by atoms with Crippen LogP contribution in [0, 0.1) is 24.9 Å². The van der Waals surface area contributed by atoms with E-state index in [4.69, 9.17) is 13.5 Å². The summed E-state index contributed by atoms with van der Waals surface area (Å²) in [7, 11) is -1.51. The Morgan fingerprint density at radius 1 is 0.750 bits per heavy atom. The fourth-order valence-corrected chi connectivity index (χ4v) is 11.7. The van der Waals surface area contributed by atoms with Crippen LogP contribution in [0.25, 0.3) is 66.7 Å². The van der Waals surface area contributed by atoms with Gasteiger partial charge in [-0.05, 0) is 40.8 Å². The van der Waals surface area contributed by atoms with E-state index in [1.165, 1.54) is 31.8 Å². The van der Waals surface area contributed by atoms with Crippen LogP contribution in [0.15, 0.2) is 132 Å². The first-order valence-electron chi connectivity index (χ1n) is 22.3. The molecule has 3 nitrogen and oxygen atoms in total. The molecule has 5 aromatic carbocycles. The van der Waals surface area contributed by atoms with Crippen molar-refractivity contribution in [2.24, 2.45) is 5.92 Å². The molecule has 0 aliphatic rings. The topological polar surface area (TPSA) is 38.9 Å². The van der Waals surface area contributed by atoms with Crippen molar-refractivity contribution in [1.29, 1.82) is 0 Å². The SMILES string of the molecule is CC(C)c1ccnc(-c2[c-]ccc3c2oc2cc(-c4cc[c]([Ge]([CH3])([CH3])[CH3])cc4)ccc23)c1.[2H]C([2H])([2H])c1c[c-]c(-c2cc(CC(C)C)c([Si](C)(C)C)cn2)cc1-c1ccccc1.[Ir]. The first-order valence-corrected chi connectivity index (χ1v) is 31.7. The van der Waals surface area contributed by atoms with E-state index in [1.807, 2.05) is 54.9 Å². The molecule has 0 N–H and O–H groups in total. The number of hydrogen-bond donors (Lipinski definition) is 0. The summed E-state index contributed by atoms with van der Waals surface area (Å²) in [4.78, 5) is 9.39. The third kappa shape index (κ3) is 10.2. The number of rotatable bonds is 9. The second-order valence-corrected chi connectivity index (χ2v) is 34.2. The third-order valence-corrected chi connectivity index (χ3v) is 17.4. The second-order valence-electron chi connectivity index (χ2n) is 18.5. The van der Waals surface area contributed by atoms with Crippen LogP contribution >= 0.6 is 0 Å². The molecule has 0 atom stereocenters. The molecule has 0 amide bonds. The molecule has 3 heterocycles. The van der Waals surface area contributed by atoms with Gasteiger partial charge in [0.1, 0.15) is 0 Å². The van der Waals surface area contributed by atoms with Gasteiger partial charge < -0.3 is 4.98 Å². The van der Waals surface area contributed by atoms with Gasteiger partial charge in [0.15, 0.2) is 0 Å². The molecule has 0 unspecified atom stereocenters. The van der Waals surface area contributed by atoms with Crippen molar-refractivity contribution in [3.63, 3.8) is 0 Å². The average Bonchev–Trinajstić information content (AvgIpc) is 3.61. The van der Waals surface area contributed by atoms with Crippen molar-refractivity contribution in [2.45, 2.75) is 83.8 Å². The van der Waals surface area contributed by atoms with Crippen molar-refractivity contribution >= 4 is 52.9 Å². The number of nitrogens with zero attached hydrogens (tertiary/aromatic N) is 2. The molecule has 8 aromatic rings. The standard InChI is InChI=1S/C29H28GeNO.C25H30NSi.Ir/c1-19(2)21-15-16-31-27(17-21)26-8-6-7-25-24-14-11-22(18-28(24)32-29(25)26)20-9-12-23(13-10-20)30(3,4)5;1-18(2)14-22-16-24(26-17-25(22)27(4,5)6)21-13-12-19(3)23(15-21)20-10-8-7-9-11-20;/h6-7,9-19H,1-5H3;7-12,15-18H,14H2,1-6H3;/q2*-1;/i;3D3;. The summed E-state index contributed by atoms with van der Waals surface area (Å²) in [6.45, 7) is 13.7. The van der Waals surface area contributed by atoms with Gasteiger partial charge in [-0.1, -0.05) is 107 Å². The van der Waals surface area contributed by atoms with Crippen LogP contribution in [0.5, 0.6) is 0 Å². The molecule has 0 aliphatic carbocycles. The van der Waals surface area contributed by atoms with Crippen molar-refractivity contribution in [1.82, 2.24) is 9.97 Å². The molecule has 60 heavy (non-hydrogen) atoms. The fourth-order valence-electron chi connectivity index (χ4n) is 7.64. The first-order chi connectivity index (χ1) is 29.3. The molecule has 0 spiro atoms. The summed E-state index contributed by atoms with van der Waals surface area (Å²) < 4.78 is 31.8. The monoisotopic (exact) mass is 1050 g/mol. The number of fused-ring (bicyclic) bond motifs is 3. The molecule has 0 aliphatic heterocycles. The van der Waals surface area contributed by atoms with Gasteiger partial charge in [0.25, 0.3) is 0 Å². The van der Waals surface area contributed by atoms with Crippen LogP contribution in [0.1, 0.15) is 54.4 Å². The molecule has 0 saturated carbocycles. The van der Waals surface area contributed by atoms with E-state index in [2.05, 4.69) is 148 Å². The Bertz CT molecular complexity index is 2840. The number of pyridine rings is 2. The summed E-state index contributed by atoms with van der Waals surface area (Å²) in [6, 6.07) is 45.9. The maximum atomic E-state index is 7.95. The van der Waals surface area contributed by atoms with E-state index < -0.39 is 28.2 Å². The minimum absolute atomic E-state index is 0. The number of furan rings is 1.